The Balaban J connectivity index is 1.41. The fraction of sp³-hybridized carbons (Fsp3) is 0.296. The summed E-state index contributed by atoms with van der Waals surface area (Å²) in [5.41, 5.74) is 7.63. The molecule has 0 atom stereocenters. The molecule has 1 aliphatic carbocycles. The molecule has 3 N–H and O–H groups in total. The average molecular weight is 439 g/mol. The Labute approximate surface area is 193 Å². The number of hydrogen-bond acceptors (Lipinski definition) is 4. The molecule has 0 aliphatic heterocycles. The number of rotatable bonds is 8. The first-order valence-corrected chi connectivity index (χ1v) is 11.7. The van der Waals surface area contributed by atoms with Gasteiger partial charge in [0.2, 0.25) is 0 Å². The molecule has 0 saturated heterocycles. The minimum absolute atomic E-state index is 0.810. The van der Waals surface area contributed by atoms with Crippen LogP contribution in [0.25, 0.3) is 38.9 Å². The molecule has 0 radical (unpaired) electrons. The Hall–Kier alpha value is -3.51. The van der Waals surface area contributed by atoms with Crippen molar-refractivity contribution in [3.8, 4) is 11.4 Å². The predicted molar refractivity (Wildman–Crippen MR) is 136 cm³/mol. The number of allylic oxidation sites excluding steroid dienone is 3. The molecular weight excluding hydrogens is 408 g/mol. The molecule has 0 unspecified atom stereocenters. The van der Waals surface area contributed by atoms with Gasteiger partial charge in [-0.15, -0.1) is 0 Å². The number of aromatic nitrogens is 5. The second-order valence-corrected chi connectivity index (χ2v) is 8.76. The van der Waals surface area contributed by atoms with Crippen LogP contribution in [0.4, 0.5) is 0 Å². The second-order valence-electron chi connectivity index (χ2n) is 8.76. The summed E-state index contributed by atoms with van der Waals surface area (Å²) in [4.78, 5) is 12.6. The van der Waals surface area contributed by atoms with Crippen LogP contribution in [0.15, 0.2) is 67.0 Å². The van der Waals surface area contributed by atoms with Crippen LogP contribution in [0.1, 0.15) is 38.3 Å². The van der Waals surface area contributed by atoms with Crippen molar-refractivity contribution in [2.45, 2.75) is 32.6 Å². The van der Waals surface area contributed by atoms with Crippen molar-refractivity contribution < 1.29 is 0 Å². The zero-order valence-corrected chi connectivity index (χ0v) is 19.1. The number of pyridine rings is 2. The van der Waals surface area contributed by atoms with Crippen LogP contribution in [0.5, 0.6) is 0 Å². The van der Waals surface area contributed by atoms with Crippen LogP contribution in [-0.4, -0.2) is 38.2 Å². The lowest BCUT2D eigenvalue weighted by Gasteiger charge is -2.11. The highest BCUT2D eigenvalue weighted by molar-refractivity contribution is 5.94. The van der Waals surface area contributed by atoms with Crippen LogP contribution in [-0.2, 0) is 0 Å². The lowest BCUT2D eigenvalue weighted by atomic mass is 10.1. The van der Waals surface area contributed by atoms with E-state index >= 15 is 0 Å². The van der Waals surface area contributed by atoms with Crippen LogP contribution in [0.3, 0.4) is 0 Å². The van der Waals surface area contributed by atoms with Gasteiger partial charge in [-0.05, 0) is 73.7 Å². The summed E-state index contributed by atoms with van der Waals surface area (Å²) in [6.07, 6.45) is 15.3. The van der Waals surface area contributed by atoms with E-state index in [0.717, 1.165) is 63.6 Å². The van der Waals surface area contributed by atoms with Gasteiger partial charge in [-0.25, -0.2) is 4.98 Å². The highest BCUT2D eigenvalue weighted by Gasteiger charge is 2.15. The molecule has 33 heavy (non-hydrogen) atoms. The zero-order valence-electron chi connectivity index (χ0n) is 19.1. The lowest BCUT2D eigenvalue weighted by molar-refractivity contribution is 0.503. The molecule has 1 aliphatic rings. The Morgan fingerprint density at radius 2 is 2.09 bits per heavy atom. The topological polar surface area (TPSA) is 82.3 Å². The van der Waals surface area contributed by atoms with Gasteiger partial charge in [-0.2, -0.15) is 5.10 Å². The van der Waals surface area contributed by atoms with Crippen molar-refractivity contribution in [3.05, 3.63) is 72.7 Å². The largest absolute Gasteiger partial charge is 0.352 e. The molecule has 1 saturated carbocycles. The molecule has 4 heterocycles. The van der Waals surface area contributed by atoms with E-state index in [4.69, 9.17) is 4.98 Å². The van der Waals surface area contributed by atoms with Gasteiger partial charge >= 0.3 is 0 Å². The third kappa shape index (κ3) is 4.52. The molecule has 4 aromatic rings. The van der Waals surface area contributed by atoms with Crippen LogP contribution < -0.4 is 5.32 Å². The van der Waals surface area contributed by atoms with Crippen molar-refractivity contribution in [1.29, 1.82) is 0 Å². The lowest BCUT2D eigenvalue weighted by Crippen LogP contribution is -2.23. The molecule has 1 fully saturated rings. The first kappa shape index (κ1) is 21.3. The minimum atomic E-state index is 0.810. The van der Waals surface area contributed by atoms with E-state index in [2.05, 4.69) is 50.3 Å². The molecule has 0 bridgehead atoms. The van der Waals surface area contributed by atoms with Crippen molar-refractivity contribution in [2.24, 2.45) is 5.92 Å². The van der Waals surface area contributed by atoms with Gasteiger partial charge in [0.25, 0.3) is 0 Å². The number of aromatic amines is 2. The average Bonchev–Trinajstić information content (AvgIpc) is 3.60. The molecule has 0 amide bonds. The number of nitrogens with zero attached hydrogens (tertiary/aromatic N) is 3. The van der Waals surface area contributed by atoms with Crippen molar-refractivity contribution in [2.75, 3.05) is 13.1 Å². The van der Waals surface area contributed by atoms with Crippen LogP contribution in [0.2, 0.25) is 0 Å². The summed E-state index contributed by atoms with van der Waals surface area (Å²) in [5.74, 6) is 0.821. The number of hydrogen-bond donors (Lipinski definition) is 3. The molecule has 0 aromatic carbocycles. The summed E-state index contributed by atoms with van der Waals surface area (Å²) in [5, 5.41) is 12.4. The van der Waals surface area contributed by atoms with Gasteiger partial charge in [-0.3, -0.25) is 10.1 Å². The molecular formula is C27H30N6. The minimum Gasteiger partial charge on any atom is -0.352 e. The summed E-state index contributed by atoms with van der Waals surface area (Å²) >= 11 is 0. The van der Waals surface area contributed by atoms with Crippen molar-refractivity contribution in [3.63, 3.8) is 0 Å². The maximum Gasteiger partial charge on any atom is 0.135 e. The van der Waals surface area contributed by atoms with Crippen LogP contribution >= 0.6 is 0 Å². The smallest absolute Gasteiger partial charge is 0.135 e. The van der Waals surface area contributed by atoms with Crippen molar-refractivity contribution >= 4 is 27.5 Å². The summed E-state index contributed by atoms with van der Waals surface area (Å²) in [7, 11) is 0. The SMILES string of the molecule is C=C/C(=C\C(=C/C)c1ccc2[nH]nc(-c3cc4ccncc4[nH]3)c2n1)CNCC1CCCC1. The zero-order chi connectivity index (χ0) is 22.6. The molecule has 6 heteroatoms. The number of H-pyrrole nitrogens is 2. The number of fused-ring (bicyclic) bond motifs is 2. The Bertz CT molecular complexity index is 1300. The van der Waals surface area contributed by atoms with Gasteiger partial charge in [0.05, 0.1) is 28.6 Å². The van der Waals surface area contributed by atoms with Gasteiger partial charge in [0.15, 0.2) is 0 Å². The monoisotopic (exact) mass is 438 g/mol. The Morgan fingerprint density at radius 3 is 2.88 bits per heavy atom. The molecule has 4 aromatic heterocycles. The van der Waals surface area contributed by atoms with Crippen LogP contribution in [0, 0.1) is 5.92 Å². The highest BCUT2D eigenvalue weighted by atomic mass is 15.1. The van der Waals surface area contributed by atoms with E-state index in [0.29, 0.717) is 0 Å². The maximum atomic E-state index is 4.99. The van der Waals surface area contributed by atoms with Crippen molar-refractivity contribution in [1.82, 2.24) is 30.5 Å². The van der Waals surface area contributed by atoms with Gasteiger partial charge in [-0.1, -0.05) is 31.6 Å². The summed E-state index contributed by atoms with van der Waals surface area (Å²) in [6, 6.07) is 8.16. The third-order valence-corrected chi connectivity index (χ3v) is 6.53. The normalized spacial score (nSPS) is 15.7. The molecule has 168 valence electrons. The van der Waals surface area contributed by atoms with E-state index in [1.165, 1.54) is 31.3 Å². The first-order valence-electron chi connectivity index (χ1n) is 11.7. The third-order valence-electron chi connectivity index (χ3n) is 6.53. The second kappa shape index (κ2) is 9.55. The Kier molecular flexibility index (Phi) is 6.17. The van der Waals surface area contributed by atoms with E-state index in [9.17, 15) is 0 Å². The van der Waals surface area contributed by atoms with Gasteiger partial charge < -0.3 is 10.3 Å². The van der Waals surface area contributed by atoms with E-state index in [-0.39, 0.29) is 0 Å². The van der Waals surface area contributed by atoms with Gasteiger partial charge in [0, 0.05) is 18.1 Å². The van der Waals surface area contributed by atoms with E-state index < -0.39 is 0 Å². The fourth-order valence-corrected chi connectivity index (χ4v) is 4.67. The standard InChI is InChI=1S/C27H30N6/c1-3-18(15-29-16-19-7-5-6-8-19)13-20(4-2)22-9-10-23-26(31-22)27(33-32-23)24-14-21-11-12-28-17-25(21)30-24/h3-4,9-14,17,19,29-30H,1,5-8,15-16H2,2H3,(H,32,33)/b18-13+,20-4+. The molecule has 0 spiro atoms. The quantitative estimate of drug-likeness (QED) is 0.304. The van der Waals surface area contributed by atoms with Gasteiger partial charge in [0.1, 0.15) is 11.2 Å². The predicted octanol–water partition coefficient (Wildman–Crippen LogP) is 5.80. The summed E-state index contributed by atoms with van der Waals surface area (Å²) < 4.78 is 0. The van der Waals surface area contributed by atoms with E-state index in [1.54, 1.807) is 6.20 Å². The Morgan fingerprint density at radius 1 is 1.21 bits per heavy atom. The number of nitrogens with one attached hydrogen (secondary N) is 3. The first-order chi connectivity index (χ1) is 16.2. The summed E-state index contributed by atoms with van der Waals surface area (Å²) in [6.45, 7) is 7.98. The fourth-order valence-electron chi connectivity index (χ4n) is 4.67. The molecule has 5 rings (SSSR count). The van der Waals surface area contributed by atoms with E-state index in [1.807, 2.05) is 37.4 Å². The molecule has 6 nitrogen and oxygen atoms in total. The highest BCUT2D eigenvalue weighted by Crippen LogP contribution is 2.29. The maximum absolute atomic E-state index is 4.99.